The molecule has 0 saturated heterocycles. The number of ether oxygens (including phenoxy) is 4. The first-order valence-electron chi connectivity index (χ1n) is 8.29. The summed E-state index contributed by atoms with van der Waals surface area (Å²) in [5.41, 5.74) is 1.31. The molecule has 3 rings (SSSR count). The maximum absolute atomic E-state index is 12.5. The summed E-state index contributed by atoms with van der Waals surface area (Å²) in [6.45, 7) is 3.72. The molecule has 0 aromatic heterocycles. The second-order valence-electron chi connectivity index (χ2n) is 5.58. The molecule has 2 aromatic carbocycles. The molecule has 6 nitrogen and oxygen atoms in total. The molecule has 1 aliphatic rings. The van der Waals surface area contributed by atoms with Crippen LogP contribution in [0, 0.1) is 0 Å². The Labute approximate surface area is 157 Å². The van der Waals surface area contributed by atoms with Gasteiger partial charge in [0.25, 0.3) is 5.91 Å². The van der Waals surface area contributed by atoms with Crippen molar-refractivity contribution in [2.75, 3.05) is 26.9 Å². The van der Waals surface area contributed by atoms with Crippen LogP contribution < -0.4 is 24.3 Å². The Bertz CT molecular complexity index is 809. The van der Waals surface area contributed by atoms with E-state index in [2.05, 4.69) is 5.32 Å². The SMILES string of the molecule is CCOc1c(Cl)cc(C(=O)NCc2ccc3c(c2)OCCO3)cc1OC. The van der Waals surface area contributed by atoms with E-state index in [0.29, 0.717) is 59.9 Å². The molecule has 26 heavy (non-hydrogen) atoms. The second-order valence-corrected chi connectivity index (χ2v) is 5.99. The third kappa shape index (κ3) is 3.96. The van der Waals surface area contributed by atoms with E-state index in [1.54, 1.807) is 12.1 Å². The lowest BCUT2D eigenvalue weighted by Gasteiger charge is -2.19. The lowest BCUT2D eigenvalue weighted by molar-refractivity contribution is 0.0950. The van der Waals surface area contributed by atoms with E-state index in [4.69, 9.17) is 30.5 Å². The molecule has 0 radical (unpaired) electrons. The van der Waals surface area contributed by atoms with Crippen molar-refractivity contribution in [1.29, 1.82) is 0 Å². The van der Waals surface area contributed by atoms with Gasteiger partial charge >= 0.3 is 0 Å². The minimum Gasteiger partial charge on any atom is -0.493 e. The summed E-state index contributed by atoms with van der Waals surface area (Å²) < 4.78 is 21.8. The third-order valence-corrected chi connectivity index (χ3v) is 4.12. The number of halogens is 1. The van der Waals surface area contributed by atoms with E-state index in [9.17, 15) is 4.79 Å². The molecule has 0 spiro atoms. The number of fused-ring (bicyclic) bond motifs is 1. The number of benzene rings is 2. The van der Waals surface area contributed by atoms with Crippen LogP contribution in [0.25, 0.3) is 0 Å². The first-order valence-corrected chi connectivity index (χ1v) is 8.67. The fraction of sp³-hybridized carbons (Fsp3) is 0.316. The summed E-state index contributed by atoms with van der Waals surface area (Å²) in [4.78, 5) is 12.5. The number of hydrogen-bond donors (Lipinski definition) is 1. The standard InChI is InChI=1S/C19H20ClNO5/c1-3-24-18-14(20)9-13(10-17(18)23-2)19(22)21-11-12-4-5-15-16(8-12)26-7-6-25-15/h4-5,8-10H,3,6-7,11H2,1-2H3,(H,21,22). The average Bonchev–Trinajstić information content (AvgIpc) is 2.67. The largest absolute Gasteiger partial charge is 0.493 e. The molecule has 2 aromatic rings. The lowest BCUT2D eigenvalue weighted by atomic mass is 10.1. The maximum Gasteiger partial charge on any atom is 0.251 e. The van der Waals surface area contributed by atoms with Crippen molar-refractivity contribution in [3.63, 3.8) is 0 Å². The van der Waals surface area contributed by atoms with Crippen LogP contribution in [-0.4, -0.2) is 32.8 Å². The van der Waals surface area contributed by atoms with Gasteiger partial charge in [0.15, 0.2) is 23.0 Å². The zero-order valence-electron chi connectivity index (χ0n) is 14.6. The van der Waals surface area contributed by atoms with E-state index in [1.807, 2.05) is 25.1 Å². The quantitative estimate of drug-likeness (QED) is 0.835. The molecule has 1 amide bonds. The number of amides is 1. The van der Waals surface area contributed by atoms with E-state index in [0.717, 1.165) is 5.56 Å². The van der Waals surface area contributed by atoms with Crippen LogP contribution >= 0.6 is 11.6 Å². The summed E-state index contributed by atoms with van der Waals surface area (Å²) in [7, 11) is 1.51. The predicted octanol–water partition coefficient (Wildman–Crippen LogP) is 3.45. The Kier molecular flexibility index (Phi) is 5.73. The Hall–Kier alpha value is -2.60. The number of nitrogens with one attached hydrogen (secondary N) is 1. The highest BCUT2D eigenvalue weighted by Crippen LogP contribution is 2.36. The molecule has 7 heteroatoms. The number of rotatable bonds is 6. The molecule has 138 valence electrons. The normalized spacial score (nSPS) is 12.4. The molecular formula is C19H20ClNO5. The van der Waals surface area contributed by atoms with Crippen molar-refractivity contribution in [2.24, 2.45) is 0 Å². The molecule has 1 heterocycles. The second kappa shape index (κ2) is 8.19. The Morgan fingerprint density at radius 2 is 1.96 bits per heavy atom. The molecular weight excluding hydrogens is 358 g/mol. The van der Waals surface area contributed by atoms with E-state index in [1.165, 1.54) is 7.11 Å². The molecule has 1 aliphatic heterocycles. The molecule has 0 bridgehead atoms. The number of methoxy groups -OCH3 is 1. The predicted molar refractivity (Wildman–Crippen MR) is 97.8 cm³/mol. The van der Waals surface area contributed by atoms with Crippen LogP contribution in [0.15, 0.2) is 30.3 Å². The minimum absolute atomic E-state index is 0.261. The molecule has 0 atom stereocenters. The summed E-state index contributed by atoms with van der Waals surface area (Å²) in [6.07, 6.45) is 0. The Balaban J connectivity index is 1.71. The van der Waals surface area contributed by atoms with Gasteiger partial charge in [0.1, 0.15) is 13.2 Å². The first-order chi connectivity index (χ1) is 12.6. The molecule has 0 unspecified atom stereocenters. The van der Waals surface area contributed by atoms with Crippen LogP contribution in [0.5, 0.6) is 23.0 Å². The van der Waals surface area contributed by atoms with Crippen LogP contribution in [-0.2, 0) is 6.54 Å². The van der Waals surface area contributed by atoms with Gasteiger partial charge in [-0.05, 0) is 36.8 Å². The van der Waals surface area contributed by atoms with E-state index < -0.39 is 0 Å². The highest BCUT2D eigenvalue weighted by molar-refractivity contribution is 6.32. The zero-order valence-corrected chi connectivity index (χ0v) is 15.4. The van der Waals surface area contributed by atoms with Gasteiger partial charge in [-0.2, -0.15) is 0 Å². The Morgan fingerprint density at radius 3 is 2.69 bits per heavy atom. The van der Waals surface area contributed by atoms with E-state index >= 15 is 0 Å². The summed E-state index contributed by atoms with van der Waals surface area (Å²) in [5, 5.41) is 3.19. The smallest absolute Gasteiger partial charge is 0.251 e. The highest BCUT2D eigenvalue weighted by Gasteiger charge is 2.16. The Morgan fingerprint density at radius 1 is 1.19 bits per heavy atom. The molecule has 0 aliphatic carbocycles. The first kappa shape index (κ1) is 18.2. The molecule has 0 fully saturated rings. The maximum atomic E-state index is 12.5. The van der Waals surface area contributed by atoms with Gasteiger partial charge in [-0.1, -0.05) is 17.7 Å². The zero-order chi connectivity index (χ0) is 18.5. The van der Waals surface area contributed by atoms with Gasteiger partial charge in [0, 0.05) is 12.1 Å². The average molecular weight is 378 g/mol. The van der Waals surface area contributed by atoms with Gasteiger partial charge in [0.2, 0.25) is 0 Å². The van der Waals surface area contributed by atoms with Crippen molar-refractivity contribution in [1.82, 2.24) is 5.32 Å². The van der Waals surface area contributed by atoms with Crippen molar-refractivity contribution in [3.8, 4) is 23.0 Å². The third-order valence-electron chi connectivity index (χ3n) is 3.84. The van der Waals surface area contributed by atoms with Gasteiger partial charge in [-0.25, -0.2) is 0 Å². The fourth-order valence-corrected chi connectivity index (χ4v) is 2.88. The number of carbonyl (C=O) groups excluding carboxylic acids is 1. The summed E-state index contributed by atoms with van der Waals surface area (Å²) in [6, 6.07) is 8.76. The van der Waals surface area contributed by atoms with Crippen LogP contribution in [0.3, 0.4) is 0 Å². The summed E-state index contributed by atoms with van der Waals surface area (Å²) in [5.74, 6) is 2.00. The topological polar surface area (TPSA) is 66.0 Å². The van der Waals surface area contributed by atoms with E-state index in [-0.39, 0.29) is 5.91 Å². The lowest BCUT2D eigenvalue weighted by Crippen LogP contribution is -2.23. The van der Waals surface area contributed by atoms with Gasteiger partial charge in [-0.15, -0.1) is 0 Å². The van der Waals surface area contributed by atoms with Crippen molar-refractivity contribution < 1.29 is 23.7 Å². The van der Waals surface area contributed by atoms with Crippen LogP contribution in [0.2, 0.25) is 5.02 Å². The minimum atomic E-state index is -0.261. The fourth-order valence-electron chi connectivity index (χ4n) is 2.62. The van der Waals surface area contributed by atoms with Gasteiger partial charge in [0.05, 0.1) is 18.7 Å². The van der Waals surface area contributed by atoms with Crippen LogP contribution in [0.4, 0.5) is 0 Å². The van der Waals surface area contributed by atoms with Crippen molar-refractivity contribution in [3.05, 3.63) is 46.5 Å². The summed E-state index contributed by atoms with van der Waals surface area (Å²) >= 11 is 6.22. The molecule has 0 saturated carbocycles. The van der Waals surface area contributed by atoms with Gasteiger partial charge < -0.3 is 24.3 Å². The highest BCUT2D eigenvalue weighted by atomic mass is 35.5. The number of hydrogen-bond acceptors (Lipinski definition) is 5. The monoisotopic (exact) mass is 377 g/mol. The van der Waals surface area contributed by atoms with Crippen LogP contribution in [0.1, 0.15) is 22.8 Å². The van der Waals surface area contributed by atoms with Crippen molar-refractivity contribution in [2.45, 2.75) is 13.5 Å². The van der Waals surface area contributed by atoms with Crippen molar-refractivity contribution >= 4 is 17.5 Å². The van der Waals surface area contributed by atoms with Gasteiger partial charge in [-0.3, -0.25) is 4.79 Å². The number of carbonyl (C=O) groups is 1. The molecule has 1 N–H and O–H groups in total.